The second-order valence-electron chi connectivity index (χ2n) is 5.35. The van der Waals surface area contributed by atoms with Crippen molar-refractivity contribution in [2.24, 2.45) is 0 Å². The Kier molecular flexibility index (Phi) is 5.76. The molecule has 22 heavy (non-hydrogen) atoms. The highest BCUT2D eigenvalue weighted by Gasteiger charge is 2.26. The number of morpholine rings is 1. The molecule has 1 aliphatic carbocycles. The van der Waals surface area contributed by atoms with Gasteiger partial charge in [0.1, 0.15) is 6.10 Å². The van der Waals surface area contributed by atoms with Crippen molar-refractivity contribution in [2.75, 3.05) is 25.0 Å². The number of carbonyl (C=O) groups is 2. The molecule has 120 valence electrons. The summed E-state index contributed by atoms with van der Waals surface area (Å²) in [7, 11) is 0. The molecule has 1 aromatic rings. The Labute approximate surface area is 135 Å². The number of ether oxygens (including phenoxy) is 1. The molecule has 1 saturated heterocycles. The molecular formula is C15H20ClN3O3. The summed E-state index contributed by atoms with van der Waals surface area (Å²) in [6, 6.07) is 7.32. The van der Waals surface area contributed by atoms with Crippen LogP contribution in [0, 0.1) is 0 Å². The molecule has 3 N–H and O–H groups in total. The van der Waals surface area contributed by atoms with Crippen molar-refractivity contribution in [3.05, 3.63) is 29.8 Å². The van der Waals surface area contributed by atoms with Crippen LogP contribution in [0.5, 0.6) is 0 Å². The molecule has 7 heteroatoms. The lowest BCUT2D eigenvalue weighted by molar-refractivity contribution is -0.128. The van der Waals surface area contributed by atoms with E-state index in [1.165, 1.54) is 0 Å². The van der Waals surface area contributed by atoms with Crippen LogP contribution in [-0.2, 0) is 9.53 Å². The average Bonchev–Trinajstić information content (AvgIpc) is 3.32. The molecule has 0 spiro atoms. The second-order valence-corrected chi connectivity index (χ2v) is 5.35. The summed E-state index contributed by atoms with van der Waals surface area (Å²) in [5.74, 6) is -0.370. The first kappa shape index (κ1) is 16.7. The van der Waals surface area contributed by atoms with Crippen molar-refractivity contribution in [3.8, 4) is 0 Å². The van der Waals surface area contributed by atoms with Gasteiger partial charge in [0.05, 0.1) is 17.9 Å². The van der Waals surface area contributed by atoms with E-state index < -0.39 is 6.10 Å². The zero-order valence-electron chi connectivity index (χ0n) is 12.1. The van der Waals surface area contributed by atoms with Gasteiger partial charge in [-0.3, -0.25) is 9.59 Å². The molecule has 1 atom stereocenters. The molecule has 2 amide bonds. The molecule has 0 aromatic heterocycles. The van der Waals surface area contributed by atoms with E-state index in [1.807, 2.05) is 0 Å². The van der Waals surface area contributed by atoms with Crippen molar-refractivity contribution in [1.29, 1.82) is 0 Å². The highest BCUT2D eigenvalue weighted by atomic mass is 35.5. The molecule has 0 radical (unpaired) electrons. The number of benzene rings is 1. The van der Waals surface area contributed by atoms with E-state index in [0.717, 1.165) is 19.4 Å². The molecule has 1 aliphatic heterocycles. The van der Waals surface area contributed by atoms with E-state index in [1.54, 1.807) is 24.3 Å². The van der Waals surface area contributed by atoms with E-state index in [0.29, 0.717) is 24.4 Å². The third-order valence-corrected chi connectivity index (χ3v) is 3.56. The van der Waals surface area contributed by atoms with Gasteiger partial charge in [0.2, 0.25) is 0 Å². The highest BCUT2D eigenvalue weighted by molar-refractivity contribution is 6.04. The maximum absolute atomic E-state index is 12.2. The topological polar surface area (TPSA) is 79.5 Å². The van der Waals surface area contributed by atoms with E-state index in [4.69, 9.17) is 4.74 Å². The minimum Gasteiger partial charge on any atom is -0.366 e. The maximum Gasteiger partial charge on any atom is 0.254 e. The molecule has 1 heterocycles. The average molecular weight is 326 g/mol. The molecule has 1 saturated carbocycles. The first-order valence-corrected chi connectivity index (χ1v) is 7.27. The van der Waals surface area contributed by atoms with Gasteiger partial charge >= 0.3 is 0 Å². The van der Waals surface area contributed by atoms with Crippen LogP contribution in [0.1, 0.15) is 23.2 Å². The number of anilines is 1. The van der Waals surface area contributed by atoms with Crippen LogP contribution in [0.25, 0.3) is 0 Å². The lowest BCUT2D eigenvalue weighted by Gasteiger charge is -2.23. The summed E-state index contributed by atoms with van der Waals surface area (Å²) in [6.07, 6.45) is 1.54. The van der Waals surface area contributed by atoms with Crippen molar-refractivity contribution in [2.45, 2.75) is 25.0 Å². The molecule has 2 fully saturated rings. The SMILES string of the molecule is Cl.O=C(NC1CC1)c1ccccc1NC(=O)C1CNCCO1. The van der Waals surface area contributed by atoms with Crippen molar-refractivity contribution in [3.63, 3.8) is 0 Å². The predicted octanol–water partition coefficient (Wildman–Crippen LogP) is 0.927. The van der Waals surface area contributed by atoms with E-state index in [-0.39, 0.29) is 30.3 Å². The number of hydrogen-bond acceptors (Lipinski definition) is 4. The summed E-state index contributed by atoms with van der Waals surface area (Å²) in [5.41, 5.74) is 1.01. The summed E-state index contributed by atoms with van der Waals surface area (Å²) < 4.78 is 5.41. The van der Waals surface area contributed by atoms with Gasteiger partial charge in [-0.2, -0.15) is 0 Å². The largest absolute Gasteiger partial charge is 0.366 e. The Bertz CT molecular complexity index is 543. The van der Waals surface area contributed by atoms with Crippen LogP contribution in [0.4, 0.5) is 5.69 Å². The number of hydrogen-bond donors (Lipinski definition) is 3. The molecule has 6 nitrogen and oxygen atoms in total. The van der Waals surface area contributed by atoms with Gasteiger partial charge in [0.15, 0.2) is 0 Å². The van der Waals surface area contributed by atoms with Gasteiger partial charge in [-0.1, -0.05) is 12.1 Å². The molecule has 3 rings (SSSR count). The zero-order chi connectivity index (χ0) is 14.7. The monoisotopic (exact) mass is 325 g/mol. The van der Waals surface area contributed by atoms with Crippen LogP contribution in [0.15, 0.2) is 24.3 Å². The van der Waals surface area contributed by atoms with Crippen LogP contribution < -0.4 is 16.0 Å². The van der Waals surface area contributed by atoms with Gasteiger partial charge in [0.25, 0.3) is 11.8 Å². The van der Waals surface area contributed by atoms with Crippen molar-refractivity contribution in [1.82, 2.24) is 10.6 Å². The Morgan fingerprint density at radius 2 is 2.00 bits per heavy atom. The number of rotatable bonds is 4. The number of carbonyl (C=O) groups excluding carboxylic acids is 2. The maximum atomic E-state index is 12.2. The summed E-state index contributed by atoms with van der Waals surface area (Å²) in [6.45, 7) is 1.76. The first-order valence-electron chi connectivity index (χ1n) is 7.27. The van der Waals surface area contributed by atoms with Gasteiger partial charge in [0, 0.05) is 19.1 Å². The number of para-hydroxylation sites is 1. The number of halogens is 1. The fraction of sp³-hybridized carbons (Fsp3) is 0.467. The van der Waals surface area contributed by atoms with Crippen molar-refractivity contribution >= 4 is 29.9 Å². The number of nitrogens with one attached hydrogen (secondary N) is 3. The van der Waals surface area contributed by atoms with Crippen LogP contribution >= 0.6 is 12.4 Å². The minimum absolute atomic E-state index is 0. The van der Waals surface area contributed by atoms with Gasteiger partial charge in [-0.15, -0.1) is 12.4 Å². The summed E-state index contributed by atoms with van der Waals surface area (Å²) >= 11 is 0. The third kappa shape index (κ3) is 4.19. The second kappa shape index (κ2) is 7.58. The lowest BCUT2D eigenvalue weighted by Crippen LogP contribution is -2.45. The minimum atomic E-state index is -0.515. The van der Waals surface area contributed by atoms with Gasteiger partial charge < -0.3 is 20.7 Å². The Hall–Kier alpha value is -1.63. The summed E-state index contributed by atoms with van der Waals surface area (Å²) in [4.78, 5) is 24.3. The van der Waals surface area contributed by atoms with Crippen LogP contribution in [-0.4, -0.2) is 43.7 Å². The Morgan fingerprint density at radius 1 is 1.23 bits per heavy atom. The Balaban J connectivity index is 0.00000176. The highest BCUT2D eigenvalue weighted by Crippen LogP contribution is 2.21. The van der Waals surface area contributed by atoms with E-state index in [9.17, 15) is 9.59 Å². The fourth-order valence-electron chi connectivity index (χ4n) is 2.23. The smallest absolute Gasteiger partial charge is 0.254 e. The Morgan fingerprint density at radius 3 is 2.68 bits per heavy atom. The normalized spacial score (nSPS) is 20.6. The van der Waals surface area contributed by atoms with Gasteiger partial charge in [-0.25, -0.2) is 0 Å². The molecule has 0 bridgehead atoms. The number of amides is 2. The van der Waals surface area contributed by atoms with Gasteiger partial charge in [-0.05, 0) is 25.0 Å². The van der Waals surface area contributed by atoms with Crippen LogP contribution in [0.3, 0.4) is 0 Å². The summed E-state index contributed by atoms with van der Waals surface area (Å²) in [5, 5.41) is 8.83. The lowest BCUT2D eigenvalue weighted by atomic mass is 10.1. The fourth-order valence-corrected chi connectivity index (χ4v) is 2.23. The zero-order valence-corrected chi connectivity index (χ0v) is 12.9. The molecule has 1 aromatic carbocycles. The third-order valence-electron chi connectivity index (χ3n) is 3.56. The molecule has 2 aliphatic rings. The standard InChI is InChI=1S/C15H19N3O3.ClH/c19-14(17-10-5-6-10)11-3-1-2-4-12(11)18-15(20)13-9-16-7-8-21-13;/h1-4,10,13,16H,5-9H2,(H,17,19)(H,18,20);1H. The van der Waals surface area contributed by atoms with E-state index >= 15 is 0 Å². The molecule has 1 unspecified atom stereocenters. The molecular weight excluding hydrogens is 306 g/mol. The van der Waals surface area contributed by atoms with Crippen molar-refractivity contribution < 1.29 is 14.3 Å². The van der Waals surface area contributed by atoms with E-state index in [2.05, 4.69) is 16.0 Å². The van der Waals surface area contributed by atoms with Crippen LogP contribution in [0.2, 0.25) is 0 Å². The first-order chi connectivity index (χ1) is 10.2. The predicted molar refractivity (Wildman–Crippen MR) is 85.4 cm³/mol. The quantitative estimate of drug-likeness (QED) is 0.769.